The van der Waals surface area contributed by atoms with Crippen molar-refractivity contribution in [2.24, 2.45) is 0 Å². The Hall–Kier alpha value is -1.47. The molecule has 1 saturated heterocycles. The maximum absolute atomic E-state index is 12.3. The third kappa shape index (κ3) is 2.99. The van der Waals surface area contributed by atoms with Crippen molar-refractivity contribution in [3.8, 4) is 0 Å². The number of piperidine rings is 1. The first-order chi connectivity index (χ1) is 9.45. The van der Waals surface area contributed by atoms with Gasteiger partial charge in [-0.1, -0.05) is 5.21 Å². The highest BCUT2D eigenvalue weighted by atomic mass is 16.3. The standard InChI is InChI=1S/C13H23N5O2/c1-13(2,9-19)17(3)12(20)11-8-18(16-15-11)10-4-6-14-7-5-10/h8,10,14,19H,4-7,9H2,1-3H3. The molecule has 1 fully saturated rings. The van der Waals surface area contributed by atoms with E-state index in [9.17, 15) is 9.90 Å². The molecule has 0 aliphatic carbocycles. The number of hydrogen-bond acceptors (Lipinski definition) is 5. The molecule has 2 heterocycles. The van der Waals surface area contributed by atoms with Crippen LogP contribution in [0.3, 0.4) is 0 Å². The highest BCUT2D eigenvalue weighted by molar-refractivity contribution is 5.92. The summed E-state index contributed by atoms with van der Waals surface area (Å²) in [6, 6.07) is 0.307. The van der Waals surface area contributed by atoms with E-state index in [1.807, 2.05) is 13.8 Å². The van der Waals surface area contributed by atoms with Crippen LogP contribution in [0, 0.1) is 0 Å². The van der Waals surface area contributed by atoms with E-state index in [1.54, 1.807) is 17.9 Å². The predicted octanol–water partition coefficient (Wildman–Crippen LogP) is 0.0455. The van der Waals surface area contributed by atoms with Crippen LogP contribution in [-0.2, 0) is 0 Å². The smallest absolute Gasteiger partial charge is 0.276 e. The first kappa shape index (κ1) is 14.9. The van der Waals surface area contributed by atoms with Gasteiger partial charge in [-0.15, -0.1) is 5.10 Å². The van der Waals surface area contributed by atoms with Gasteiger partial charge in [0.15, 0.2) is 5.69 Å². The van der Waals surface area contributed by atoms with Gasteiger partial charge in [-0.05, 0) is 39.8 Å². The summed E-state index contributed by atoms with van der Waals surface area (Å²) in [4.78, 5) is 13.8. The summed E-state index contributed by atoms with van der Waals surface area (Å²) in [5.74, 6) is -0.218. The van der Waals surface area contributed by atoms with Gasteiger partial charge in [0.2, 0.25) is 0 Å². The van der Waals surface area contributed by atoms with Gasteiger partial charge >= 0.3 is 0 Å². The van der Waals surface area contributed by atoms with Crippen LogP contribution in [0.1, 0.15) is 43.2 Å². The van der Waals surface area contributed by atoms with Crippen molar-refractivity contribution >= 4 is 5.91 Å². The van der Waals surface area contributed by atoms with Crippen LogP contribution in [0.5, 0.6) is 0 Å². The topological polar surface area (TPSA) is 83.3 Å². The first-order valence-corrected chi connectivity index (χ1v) is 6.97. The van der Waals surface area contributed by atoms with Crippen molar-refractivity contribution in [1.82, 2.24) is 25.2 Å². The van der Waals surface area contributed by atoms with E-state index in [2.05, 4.69) is 15.6 Å². The molecule has 7 nitrogen and oxygen atoms in total. The van der Waals surface area contributed by atoms with Crippen LogP contribution >= 0.6 is 0 Å². The normalized spacial score (nSPS) is 17.2. The molecule has 112 valence electrons. The summed E-state index contributed by atoms with van der Waals surface area (Å²) in [6.07, 6.45) is 3.70. The minimum Gasteiger partial charge on any atom is -0.394 e. The molecule has 2 rings (SSSR count). The van der Waals surface area contributed by atoms with Gasteiger partial charge < -0.3 is 15.3 Å². The number of nitrogens with one attached hydrogen (secondary N) is 1. The molecule has 20 heavy (non-hydrogen) atoms. The lowest BCUT2D eigenvalue weighted by atomic mass is 10.0. The van der Waals surface area contributed by atoms with Crippen molar-refractivity contribution in [1.29, 1.82) is 0 Å². The fraction of sp³-hybridized carbons (Fsp3) is 0.769. The third-order valence-corrected chi connectivity index (χ3v) is 4.01. The fourth-order valence-electron chi connectivity index (χ4n) is 2.18. The lowest BCUT2D eigenvalue weighted by molar-refractivity contribution is 0.0467. The molecule has 2 N–H and O–H groups in total. The quantitative estimate of drug-likeness (QED) is 0.814. The monoisotopic (exact) mass is 281 g/mol. The summed E-state index contributed by atoms with van der Waals surface area (Å²) in [7, 11) is 1.67. The zero-order valence-electron chi connectivity index (χ0n) is 12.3. The lowest BCUT2D eigenvalue weighted by Crippen LogP contribution is -2.47. The van der Waals surface area contributed by atoms with Crippen molar-refractivity contribution in [3.05, 3.63) is 11.9 Å². The number of rotatable bonds is 4. The van der Waals surface area contributed by atoms with E-state index in [-0.39, 0.29) is 12.5 Å². The Bertz CT molecular complexity index is 465. The summed E-state index contributed by atoms with van der Waals surface area (Å²) in [5.41, 5.74) is -0.289. The van der Waals surface area contributed by atoms with Gasteiger partial charge in [-0.3, -0.25) is 4.79 Å². The number of carbonyl (C=O) groups excluding carboxylic acids is 1. The highest BCUT2D eigenvalue weighted by Crippen LogP contribution is 2.19. The van der Waals surface area contributed by atoms with Crippen molar-refractivity contribution in [3.63, 3.8) is 0 Å². The molecule has 1 amide bonds. The molecule has 1 aliphatic rings. The Kier molecular flexibility index (Phi) is 4.39. The molecular weight excluding hydrogens is 258 g/mol. The van der Waals surface area contributed by atoms with Crippen LogP contribution in [0.4, 0.5) is 0 Å². The minimum absolute atomic E-state index is 0.0995. The molecule has 1 aliphatic heterocycles. The van der Waals surface area contributed by atoms with Crippen LogP contribution in [-0.4, -0.2) is 63.2 Å². The van der Waals surface area contributed by atoms with Gasteiger partial charge in [-0.2, -0.15) is 0 Å². The van der Waals surface area contributed by atoms with Crippen LogP contribution in [0.2, 0.25) is 0 Å². The second-order valence-corrected chi connectivity index (χ2v) is 5.90. The number of amides is 1. The molecular formula is C13H23N5O2. The minimum atomic E-state index is -0.615. The number of hydrogen-bond donors (Lipinski definition) is 2. The van der Waals surface area contributed by atoms with Crippen LogP contribution in [0.15, 0.2) is 6.20 Å². The Morgan fingerprint density at radius 1 is 1.55 bits per heavy atom. The molecule has 0 saturated carbocycles. The molecule has 1 aromatic heterocycles. The number of carbonyl (C=O) groups is 1. The van der Waals surface area contributed by atoms with Gasteiger partial charge in [0.05, 0.1) is 24.4 Å². The largest absolute Gasteiger partial charge is 0.394 e. The van der Waals surface area contributed by atoms with Crippen molar-refractivity contribution < 1.29 is 9.90 Å². The number of aliphatic hydroxyl groups excluding tert-OH is 1. The first-order valence-electron chi connectivity index (χ1n) is 6.97. The lowest BCUT2D eigenvalue weighted by Gasteiger charge is -2.33. The van der Waals surface area contributed by atoms with E-state index in [1.165, 1.54) is 4.90 Å². The second kappa shape index (κ2) is 5.88. The second-order valence-electron chi connectivity index (χ2n) is 5.90. The van der Waals surface area contributed by atoms with Crippen molar-refractivity contribution in [2.75, 3.05) is 26.7 Å². The van der Waals surface area contributed by atoms with Gasteiger partial charge in [0, 0.05) is 7.05 Å². The number of aromatic nitrogens is 3. The summed E-state index contributed by atoms with van der Waals surface area (Å²) in [5, 5.41) is 20.7. The number of likely N-dealkylation sites (N-methyl/N-ethyl adjacent to an activating group) is 1. The van der Waals surface area contributed by atoms with Gasteiger partial charge in [0.1, 0.15) is 0 Å². The number of nitrogens with zero attached hydrogens (tertiary/aromatic N) is 4. The third-order valence-electron chi connectivity index (χ3n) is 4.01. The summed E-state index contributed by atoms with van der Waals surface area (Å²) in [6.45, 7) is 5.44. The molecule has 0 bridgehead atoms. The maximum Gasteiger partial charge on any atom is 0.276 e. The van der Waals surface area contributed by atoms with Crippen molar-refractivity contribution in [2.45, 2.75) is 38.3 Å². The Labute approximate surface area is 119 Å². The molecule has 7 heteroatoms. The van der Waals surface area contributed by atoms with Crippen LogP contribution < -0.4 is 5.32 Å². The van der Waals surface area contributed by atoms with Gasteiger partial charge in [-0.25, -0.2) is 4.68 Å². The van der Waals surface area contributed by atoms with E-state index in [4.69, 9.17) is 0 Å². The molecule has 0 unspecified atom stereocenters. The highest BCUT2D eigenvalue weighted by Gasteiger charge is 2.29. The van der Waals surface area contributed by atoms with E-state index < -0.39 is 5.54 Å². The maximum atomic E-state index is 12.3. The zero-order chi connectivity index (χ0) is 14.8. The Balaban J connectivity index is 2.10. The number of aliphatic hydroxyl groups is 1. The molecule has 0 radical (unpaired) electrons. The Morgan fingerprint density at radius 3 is 2.80 bits per heavy atom. The van der Waals surface area contributed by atoms with E-state index >= 15 is 0 Å². The Morgan fingerprint density at radius 2 is 2.20 bits per heavy atom. The van der Waals surface area contributed by atoms with E-state index in [0.717, 1.165) is 25.9 Å². The molecule has 0 aromatic carbocycles. The molecule has 0 spiro atoms. The predicted molar refractivity (Wildman–Crippen MR) is 74.4 cm³/mol. The summed E-state index contributed by atoms with van der Waals surface area (Å²) < 4.78 is 1.79. The van der Waals surface area contributed by atoms with E-state index in [0.29, 0.717) is 11.7 Å². The fourth-order valence-corrected chi connectivity index (χ4v) is 2.18. The van der Waals surface area contributed by atoms with Gasteiger partial charge in [0.25, 0.3) is 5.91 Å². The average Bonchev–Trinajstić information content (AvgIpc) is 2.96. The van der Waals surface area contributed by atoms with Crippen LogP contribution in [0.25, 0.3) is 0 Å². The average molecular weight is 281 g/mol. The SMILES string of the molecule is CN(C(=O)c1cn(C2CCNCC2)nn1)C(C)(C)CO. The molecule has 0 atom stereocenters. The molecule has 1 aromatic rings. The zero-order valence-corrected chi connectivity index (χ0v) is 12.3. The summed E-state index contributed by atoms with van der Waals surface area (Å²) >= 11 is 0.